The maximum absolute atomic E-state index is 11.4. The Morgan fingerprint density at radius 2 is 1.79 bits per heavy atom. The van der Waals surface area contributed by atoms with Crippen LogP contribution in [0.2, 0.25) is 0 Å². The second-order valence-electron chi connectivity index (χ2n) is 4.71. The molecule has 0 saturated carbocycles. The number of alkyl halides is 3. The Balaban J connectivity index is 0.000000399. The van der Waals surface area contributed by atoms with E-state index in [1.165, 1.54) is 7.11 Å². The van der Waals surface area contributed by atoms with Crippen molar-refractivity contribution in [2.45, 2.75) is 26.4 Å². The molecule has 0 spiro atoms. The lowest BCUT2D eigenvalue weighted by molar-refractivity contribution is -0.192. The van der Waals surface area contributed by atoms with E-state index in [0.717, 1.165) is 19.5 Å². The van der Waals surface area contributed by atoms with E-state index in [1.807, 2.05) is 13.8 Å². The second kappa shape index (κ2) is 6.74. The highest BCUT2D eigenvalue weighted by Gasteiger charge is 2.39. The van der Waals surface area contributed by atoms with Gasteiger partial charge in [-0.2, -0.15) is 13.2 Å². The van der Waals surface area contributed by atoms with Crippen LogP contribution in [0.25, 0.3) is 0 Å². The van der Waals surface area contributed by atoms with Crippen molar-refractivity contribution in [1.82, 2.24) is 5.32 Å². The summed E-state index contributed by atoms with van der Waals surface area (Å²) < 4.78 is 36.5. The lowest BCUT2D eigenvalue weighted by atomic mass is 9.78. The summed E-state index contributed by atoms with van der Waals surface area (Å²) in [6.45, 7) is 5.86. The van der Waals surface area contributed by atoms with Gasteiger partial charge in [0.1, 0.15) is 0 Å². The summed E-state index contributed by atoms with van der Waals surface area (Å²) in [5.41, 5.74) is -0.335. The van der Waals surface area contributed by atoms with Gasteiger partial charge in [0.15, 0.2) is 0 Å². The molecule has 5 nitrogen and oxygen atoms in total. The normalized spacial score (nSPS) is 19.4. The molecule has 2 N–H and O–H groups in total. The number of carboxylic acids is 1. The lowest BCUT2D eigenvalue weighted by Crippen LogP contribution is -2.35. The minimum atomic E-state index is -5.08. The van der Waals surface area contributed by atoms with Crippen molar-refractivity contribution in [3.05, 3.63) is 0 Å². The number of halogens is 3. The summed E-state index contributed by atoms with van der Waals surface area (Å²) in [5.74, 6) is -2.44. The molecule has 0 aromatic rings. The molecule has 0 bridgehead atoms. The van der Waals surface area contributed by atoms with E-state index in [9.17, 15) is 18.0 Å². The van der Waals surface area contributed by atoms with Crippen LogP contribution in [0.4, 0.5) is 13.2 Å². The number of nitrogens with one attached hydrogen (secondary N) is 1. The maximum Gasteiger partial charge on any atom is 0.490 e. The van der Waals surface area contributed by atoms with Gasteiger partial charge in [-0.05, 0) is 39.3 Å². The van der Waals surface area contributed by atoms with Gasteiger partial charge in [0.05, 0.1) is 12.5 Å². The Bertz CT molecular complexity index is 322. The molecule has 1 saturated heterocycles. The zero-order valence-electron chi connectivity index (χ0n) is 11.0. The molecule has 0 aromatic carbocycles. The summed E-state index contributed by atoms with van der Waals surface area (Å²) in [5, 5.41) is 10.4. The Hall–Kier alpha value is -1.31. The number of hydrogen-bond donors (Lipinski definition) is 2. The molecule has 112 valence electrons. The van der Waals surface area contributed by atoms with Crippen LogP contribution in [-0.4, -0.2) is 43.4 Å². The smallest absolute Gasteiger partial charge is 0.475 e. The van der Waals surface area contributed by atoms with Crippen LogP contribution >= 0.6 is 0 Å². The van der Waals surface area contributed by atoms with E-state index < -0.39 is 12.1 Å². The van der Waals surface area contributed by atoms with Gasteiger partial charge in [-0.1, -0.05) is 0 Å². The predicted molar refractivity (Wildman–Crippen MR) is 60.5 cm³/mol. The van der Waals surface area contributed by atoms with Crippen molar-refractivity contribution >= 4 is 11.9 Å². The summed E-state index contributed by atoms with van der Waals surface area (Å²) in [6, 6.07) is 0. The molecule has 0 unspecified atom stereocenters. The average molecular weight is 285 g/mol. The molecule has 0 radical (unpaired) electrons. The zero-order valence-corrected chi connectivity index (χ0v) is 11.0. The third-order valence-electron chi connectivity index (χ3n) is 3.03. The predicted octanol–water partition coefficient (Wildman–Crippen LogP) is 1.43. The standard InChI is InChI=1S/C9H17NO2.C2HF3O2/c1-9(2,8(11)12-3)7-4-5-10-6-7;3-2(4,5)1(6)7/h7,10H,4-6H2,1-3H3;(H,6,7)/t7-;/m1./s1. The number of carboxylic acid groups (broad SMARTS) is 1. The van der Waals surface area contributed by atoms with Gasteiger partial charge in [-0.25, -0.2) is 4.79 Å². The molecule has 1 fully saturated rings. The molecule has 1 aliphatic heterocycles. The molecular formula is C11H18F3NO4. The fourth-order valence-corrected chi connectivity index (χ4v) is 1.70. The summed E-state index contributed by atoms with van der Waals surface area (Å²) in [4.78, 5) is 20.3. The van der Waals surface area contributed by atoms with Crippen molar-refractivity contribution in [2.24, 2.45) is 11.3 Å². The largest absolute Gasteiger partial charge is 0.490 e. The van der Waals surface area contributed by atoms with Crippen molar-refractivity contribution in [3.8, 4) is 0 Å². The molecule has 19 heavy (non-hydrogen) atoms. The van der Waals surface area contributed by atoms with E-state index in [2.05, 4.69) is 5.32 Å². The van der Waals surface area contributed by atoms with Crippen LogP contribution in [0.3, 0.4) is 0 Å². The van der Waals surface area contributed by atoms with Gasteiger partial charge >= 0.3 is 18.1 Å². The number of methoxy groups -OCH3 is 1. The number of aliphatic carboxylic acids is 1. The molecule has 0 amide bonds. The van der Waals surface area contributed by atoms with E-state index >= 15 is 0 Å². The van der Waals surface area contributed by atoms with E-state index in [0.29, 0.717) is 5.92 Å². The SMILES string of the molecule is COC(=O)C(C)(C)[C@@H]1CCNC1.O=C(O)C(F)(F)F. The summed E-state index contributed by atoms with van der Waals surface area (Å²) >= 11 is 0. The van der Waals surface area contributed by atoms with Gasteiger partial charge in [-0.15, -0.1) is 0 Å². The van der Waals surface area contributed by atoms with Crippen LogP contribution in [0.15, 0.2) is 0 Å². The van der Waals surface area contributed by atoms with E-state index in [4.69, 9.17) is 14.6 Å². The fraction of sp³-hybridized carbons (Fsp3) is 0.818. The fourth-order valence-electron chi connectivity index (χ4n) is 1.70. The Morgan fingerprint density at radius 1 is 1.32 bits per heavy atom. The van der Waals surface area contributed by atoms with Gasteiger partial charge in [0.2, 0.25) is 0 Å². The maximum atomic E-state index is 11.4. The first-order valence-corrected chi connectivity index (χ1v) is 5.62. The van der Waals surface area contributed by atoms with Gasteiger partial charge in [-0.3, -0.25) is 4.79 Å². The minimum Gasteiger partial charge on any atom is -0.475 e. The monoisotopic (exact) mass is 285 g/mol. The van der Waals surface area contributed by atoms with Crippen molar-refractivity contribution in [3.63, 3.8) is 0 Å². The average Bonchev–Trinajstić information content (AvgIpc) is 2.81. The highest BCUT2D eigenvalue weighted by molar-refractivity contribution is 5.76. The van der Waals surface area contributed by atoms with Crippen molar-refractivity contribution in [1.29, 1.82) is 0 Å². The summed E-state index contributed by atoms with van der Waals surface area (Å²) in [7, 11) is 1.45. The third kappa shape index (κ3) is 5.46. The Kier molecular flexibility index (Phi) is 6.28. The van der Waals surface area contributed by atoms with Crippen molar-refractivity contribution < 1.29 is 32.6 Å². The van der Waals surface area contributed by atoms with Crippen LogP contribution in [-0.2, 0) is 14.3 Å². The highest BCUT2D eigenvalue weighted by atomic mass is 19.4. The molecule has 8 heteroatoms. The molecule has 1 rings (SSSR count). The second-order valence-corrected chi connectivity index (χ2v) is 4.71. The quantitative estimate of drug-likeness (QED) is 0.751. The number of hydrogen-bond acceptors (Lipinski definition) is 4. The molecule has 1 heterocycles. The first-order valence-electron chi connectivity index (χ1n) is 5.62. The van der Waals surface area contributed by atoms with E-state index in [1.54, 1.807) is 0 Å². The van der Waals surface area contributed by atoms with Crippen LogP contribution in [0, 0.1) is 11.3 Å². The lowest BCUT2D eigenvalue weighted by Gasteiger charge is -2.27. The van der Waals surface area contributed by atoms with Gasteiger partial charge < -0.3 is 15.2 Å². The Morgan fingerprint density at radius 3 is 2.05 bits per heavy atom. The topological polar surface area (TPSA) is 75.6 Å². The third-order valence-corrected chi connectivity index (χ3v) is 3.03. The number of rotatable bonds is 2. The highest BCUT2D eigenvalue weighted by Crippen LogP contribution is 2.32. The molecule has 1 aliphatic rings. The number of carbonyl (C=O) groups excluding carboxylic acids is 1. The van der Waals surface area contributed by atoms with Crippen LogP contribution in [0.1, 0.15) is 20.3 Å². The zero-order chi connectivity index (χ0) is 15.3. The molecule has 1 atom stereocenters. The van der Waals surface area contributed by atoms with Gasteiger partial charge in [0, 0.05) is 0 Å². The first-order chi connectivity index (χ1) is 8.53. The number of carbonyl (C=O) groups is 2. The Labute approximate surface area is 109 Å². The van der Waals surface area contributed by atoms with Crippen molar-refractivity contribution in [2.75, 3.05) is 20.2 Å². The van der Waals surface area contributed by atoms with Crippen LogP contribution in [0.5, 0.6) is 0 Å². The molecular weight excluding hydrogens is 267 g/mol. The summed E-state index contributed by atoms with van der Waals surface area (Å²) in [6.07, 6.45) is -4.01. The first kappa shape index (κ1) is 17.7. The van der Waals surface area contributed by atoms with Gasteiger partial charge in [0.25, 0.3) is 0 Å². The number of ether oxygens (including phenoxy) is 1. The minimum absolute atomic E-state index is 0.101. The molecule has 0 aromatic heterocycles. The molecule has 0 aliphatic carbocycles. The van der Waals surface area contributed by atoms with Crippen LogP contribution < -0.4 is 5.32 Å². The number of esters is 1. The van der Waals surface area contributed by atoms with E-state index in [-0.39, 0.29) is 11.4 Å².